The molecule has 7 aromatic rings. The summed E-state index contributed by atoms with van der Waals surface area (Å²) < 4.78 is 10.3. The molecule has 48 heavy (non-hydrogen) atoms. The van der Waals surface area contributed by atoms with E-state index in [2.05, 4.69) is 147 Å². The summed E-state index contributed by atoms with van der Waals surface area (Å²) >= 11 is 0. The van der Waals surface area contributed by atoms with Gasteiger partial charge in [0.25, 0.3) is 0 Å². The van der Waals surface area contributed by atoms with Gasteiger partial charge in [-0.3, -0.25) is 0 Å². The van der Waals surface area contributed by atoms with E-state index in [1.54, 1.807) is 0 Å². The molecule has 3 aliphatic heterocycles. The number of ether oxygens (including phenoxy) is 1. The van der Waals surface area contributed by atoms with Gasteiger partial charge in [-0.1, -0.05) is 93.0 Å². The first kappa shape index (κ1) is 30.8. The van der Waals surface area contributed by atoms with Crippen LogP contribution in [0.25, 0.3) is 38.8 Å². The van der Waals surface area contributed by atoms with E-state index >= 15 is 0 Å². The second-order valence-electron chi connectivity index (χ2n) is 14.1. The summed E-state index contributed by atoms with van der Waals surface area (Å²) in [6.45, 7) is 10.2. The van der Waals surface area contributed by atoms with Gasteiger partial charge in [-0.25, -0.2) is 4.98 Å². The number of benzene rings is 5. The normalized spacial score (nSPS) is 19.5. The number of pyridine rings is 1. The Labute approximate surface area is 296 Å². The number of para-hydroxylation sites is 1. The number of nitrogens with zero attached hydrogens (tertiary/aromatic N) is 4. The Hall–Kier alpha value is -4.54. The molecule has 240 valence electrons. The van der Waals surface area contributed by atoms with Crippen molar-refractivity contribution >= 4 is 38.9 Å². The summed E-state index contributed by atoms with van der Waals surface area (Å²) in [5.74, 6) is 2.15. The molecule has 0 aliphatic carbocycles. The monoisotopic (exact) mass is 806 g/mol. The van der Waals surface area contributed by atoms with Gasteiger partial charge in [-0.15, -0.1) is 35.2 Å². The van der Waals surface area contributed by atoms with E-state index in [1.165, 1.54) is 16.9 Å². The van der Waals surface area contributed by atoms with Gasteiger partial charge < -0.3 is 18.3 Å². The van der Waals surface area contributed by atoms with E-state index in [9.17, 15) is 0 Å². The molecule has 3 aliphatic rings. The van der Waals surface area contributed by atoms with Crippen molar-refractivity contribution < 1.29 is 25.8 Å². The van der Waals surface area contributed by atoms with Crippen LogP contribution < -0.4 is 13.7 Å². The Morgan fingerprint density at radius 2 is 1.52 bits per heavy atom. The Bertz CT molecular complexity index is 2330. The van der Waals surface area contributed by atoms with E-state index in [0.29, 0.717) is 16.0 Å². The molecule has 1 fully saturated rings. The molecule has 0 saturated carbocycles. The van der Waals surface area contributed by atoms with Crippen LogP contribution in [0, 0.1) is 18.8 Å². The molecule has 0 unspecified atom stereocenters. The van der Waals surface area contributed by atoms with Gasteiger partial charge in [0.05, 0.1) is 13.7 Å². The van der Waals surface area contributed by atoms with Gasteiger partial charge >= 0.3 is 0 Å². The molecule has 2 aromatic heterocycles. The predicted octanol–water partition coefficient (Wildman–Crippen LogP) is 10.2. The molecule has 0 amide bonds. The molecule has 6 heteroatoms. The first-order valence-corrected chi connectivity index (χ1v) is 16.2. The fourth-order valence-electron chi connectivity index (χ4n) is 7.53. The molecular formula is C42H35N4OPt-. The van der Waals surface area contributed by atoms with Crippen molar-refractivity contribution in [3.8, 4) is 28.4 Å². The SMILES string of the molecule is CC(C)(C)c1ccc2c(c1)[N@+]1(c3[c-]c(Oc4[c-]c5c(cc4)c4ccccc4n5-c4ccccn4)cc(-c4ccccc4)c3)[CH-][N@@+]2(C)C1.[Pt]. The van der Waals surface area contributed by atoms with Gasteiger partial charge in [-0.2, -0.15) is 6.07 Å². The van der Waals surface area contributed by atoms with Crippen molar-refractivity contribution in [2.75, 3.05) is 13.7 Å². The zero-order valence-electron chi connectivity index (χ0n) is 27.3. The molecule has 2 bridgehead atoms. The minimum absolute atomic E-state index is 0. The molecule has 5 nitrogen and oxygen atoms in total. The standard InChI is InChI=1S/C42H35N4O.Pt/c1-42(2,3)31-17-20-39-40(24-31)46(27-45(39,4)28-46)32-22-30(29-12-6-5-7-13-29)23-34(25-32)47-33-18-19-36-35-14-8-9-15-37(35)44(38(36)26-33)41-16-10-11-21-43-41;/h5-24,27H,28H2,1-4H3;/q-1;/t45-,46+;/m0./s1. The first-order valence-electron chi connectivity index (χ1n) is 16.2. The van der Waals surface area contributed by atoms with Crippen LogP contribution in [-0.2, 0) is 26.5 Å². The van der Waals surface area contributed by atoms with Crippen molar-refractivity contribution in [1.29, 1.82) is 0 Å². The predicted molar refractivity (Wildman–Crippen MR) is 192 cm³/mol. The van der Waals surface area contributed by atoms with E-state index in [1.807, 2.05) is 30.5 Å². The molecule has 5 aromatic carbocycles. The van der Waals surface area contributed by atoms with Crippen molar-refractivity contribution in [3.63, 3.8) is 0 Å². The van der Waals surface area contributed by atoms with Crippen molar-refractivity contribution in [2.24, 2.45) is 0 Å². The molecule has 0 radical (unpaired) electrons. The van der Waals surface area contributed by atoms with Crippen LogP contribution in [-0.4, -0.2) is 23.3 Å². The third kappa shape index (κ3) is 4.68. The third-order valence-electron chi connectivity index (χ3n) is 9.81. The average molecular weight is 807 g/mol. The zero-order chi connectivity index (χ0) is 32.0. The van der Waals surface area contributed by atoms with Crippen molar-refractivity contribution in [2.45, 2.75) is 26.2 Å². The minimum Gasteiger partial charge on any atom is -0.509 e. The molecule has 2 atom stereocenters. The molecular weight excluding hydrogens is 772 g/mol. The van der Waals surface area contributed by atoms with E-state index in [4.69, 9.17) is 4.74 Å². The average Bonchev–Trinajstić information content (AvgIpc) is 3.63. The zero-order valence-corrected chi connectivity index (χ0v) is 29.6. The topological polar surface area (TPSA) is 27.1 Å². The second kappa shape index (κ2) is 11.0. The largest absolute Gasteiger partial charge is 0.509 e. The van der Waals surface area contributed by atoms with Crippen molar-refractivity contribution in [1.82, 2.24) is 18.5 Å². The molecule has 10 rings (SSSR count). The summed E-state index contributed by atoms with van der Waals surface area (Å²) in [5.41, 5.74) is 9.38. The second-order valence-corrected chi connectivity index (χ2v) is 14.1. The first-order chi connectivity index (χ1) is 22.7. The number of fused-ring (bicyclic) bond motifs is 3. The summed E-state index contributed by atoms with van der Waals surface area (Å²) in [7, 11) is 2.29. The Morgan fingerprint density at radius 3 is 2.29 bits per heavy atom. The fraction of sp³-hybridized carbons (Fsp3) is 0.143. The summed E-state index contributed by atoms with van der Waals surface area (Å²) in [6, 6.07) is 47.8. The number of rotatable bonds is 5. The van der Waals surface area contributed by atoms with Gasteiger partial charge in [0, 0.05) is 62.1 Å². The van der Waals surface area contributed by atoms with Crippen LogP contribution in [0.4, 0.5) is 17.1 Å². The number of aromatic nitrogens is 2. The van der Waals surface area contributed by atoms with Crippen LogP contribution in [0.5, 0.6) is 11.5 Å². The number of quaternary nitrogens is 2. The maximum absolute atomic E-state index is 6.72. The minimum atomic E-state index is 0. The van der Waals surface area contributed by atoms with E-state index < -0.39 is 0 Å². The molecule has 5 heterocycles. The van der Waals surface area contributed by atoms with Crippen LogP contribution in [0.1, 0.15) is 26.3 Å². The Morgan fingerprint density at radius 1 is 0.750 bits per heavy atom. The van der Waals surface area contributed by atoms with Crippen LogP contribution in [0.3, 0.4) is 0 Å². The number of hydrogen-bond acceptors (Lipinski definition) is 2. The van der Waals surface area contributed by atoms with Crippen LogP contribution in [0.2, 0.25) is 0 Å². The van der Waals surface area contributed by atoms with Gasteiger partial charge in [-0.05, 0) is 40.1 Å². The summed E-state index contributed by atoms with van der Waals surface area (Å²) in [6.07, 6.45) is 1.83. The quantitative estimate of drug-likeness (QED) is 0.128. The Balaban J connectivity index is 0.00000336. The van der Waals surface area contributed by atoms with Gasteiger partial charge in [0.15, 0.2) is 18.0 Å². The maximum atomic E-state index is 6.72. The van der Waals surface area contributed by atoms with Gasteiger partial charge in [0.1, 0.15) is 5.82 Å². The third-order valence-corrected chi connectivity index (χ3v) is 9.81. The van der Waals surface area contributed by atoms with Crippen LogP contribution in [0.15, 0.2) is 121 Å². The molecule has 1 saturated heterocycles. The molecule has 0 spiro atoms. The summed E-state index contributed by atoms with van der Waals surface area (Å²) in [4.78, 5) is 4.68. The maximum Gasteiger partial charge on any atom is 0.179 e. The van der Waals surface area contributed by atoms with E-state index in [-0.39, 0.29) is 26.5 Å². The van der Waals surface area contributed by atoms with Crippen LogP contribution >= 0.6 is 0 Å². The molecule has 0 N–H and O–H groups in total. The number of hydrogen-bond donors (Lipinski definition) is 0. The smallest absolute Gasteiger partial charge is 0.179 e. The fourth-order valence-corrected chi connectivity index (χ4v) is 7.53. The van der Waals surface area contributed by atoms with Gasteiger partial charge in [0.2, 0.25) is 0 Å². The summed E-state index contributed by atoms with van der Waals surface area (Å²) in [5, 5.41) is 2.26. The van der Waals surface area contributed by atoms with E-state index in [0.717, 1.165) is 55.6 Å². The van der Waals surface area contributed by atoms with Crippen molar-refractivity contribution in [3.05, 3.63) is 146 Å². The Kier molecular flexibility index (Phi) is 7.05.